The van der Waals surface area contributed by atoms with Crippen LogP contribution >= 0.6 is 0 Å². The van der Waals surface area contributed by atoms with E-state index < -0.39 is 11.2 Å². The van der Waals surface area contributed by atoms with Crippen LogP contribution in [0.1, 0.15) is 24.5 Å². The predicted molar refractivity (Wildman–Crippen MR) is 66.0 cm³/mol. The summed E-state index contributed by atoms with van der Waals surface area (Å²) in [6, 6.07) is 0. The molecule has 0 N–H and O–H groups in total. The summed E-state index contributed by atoms with van der Waals surface area (Å²) >= 11 is 0. The molecular formula is C11H14N4O3. The van der Waals surface area contributed by atoms with Gasteiger partial charge in [-0.25, -0.2) is 9.78 Å². The minimum Gasteiger partial charge on any atom is -0.319 e. The number of rotatable bonds is 3. The molecule has 7 nitrogen and oxygen atoms in total. The lowest BCUT2D eigenvalue weighted by Crippen LogP contribution is -2.39. The molecule has 96 valence electrons. The van der Waals surface area contributed by atoms with Crippen molar-refractivity contribution in [3.05, 3.63) is 26.7 Å². The van der Waals surface area contributed by atoms with Gasteiger partial charge in [0.05, 0.1) is 0 Å². The first-order valence-electron chi connectivity index (χ1n) is 5.72. The minimum atomic E-state index is -0.412. The lowest BCUT2D eigenvalue weighted by molar-refractivity contribution is 0.111. The van der Waals surface area contributed by atoms with Crippen molar-refractivity contribution >= 4 is 17.5 Å². The Bertz CT molecular complexity index is 735. The van der Waals surface area contributed by atoms with Crippen molar-refractivity contribution < 1.29 is 4.79 Å². The van der Waals surface area contributed by atoms with E-state index in [9.17, 15) is 14.4 Å². The van der Waals surface area contributed by atoms with Crippen LogP contribution in [0.2, 0.25) is 0 Å². The van der Waals surface area contributed by atoms with Gasteiger partial charge in [-0.2, -0.15) is 0 Å². The average molecular weight is 250 g/mol. The summed E-state index contributed by atoms with van der Waals surface area (Å²) in [5, 5.41) is 0. The monoisotopic (exact) mass is 250 g/mol. The first-order valence-corrected chi connectivity index (χ1v) is 5.72. The highest BCUT2D eigenvalue weighted by Crippen LogP contribution is 2.08. The molecule has 0 aliphatic carbocycles. The Labute approximate surface area is 102 Å². The second kappa shape index (κ2) is 4.25. The number of hydrogen-bond donors (Lipinski definition) is 0. The zero-order valence-corrected chi connectivity index (χ0v) is 10.5. The highest BCUT2D eigenvalue weighted by molar-refractivity contribution is 5.80. The van der Waals surface area contributed by atoms with Gasteiger partial charge in [0.2, 0.25) is 0 Å². The second-order valence-corrected chi connectivity index (χ2v) is 3.90. The Hall–Kier alpha value is -2.18. The van der Waals surface area contributed by atoms with Crippen LogP contribution in [0.25, 0.3) is 11.2 Å². The maximum absolute atomic E-state index is 12.2. The molecule has 0 fully saturated rings. The molecule has 0 aliphatic heterocycles. The third-order valence-electron chi connectivity index (χ3n) is 3.01. The summed E-state index contributed by atoms with van der Waals surface area (Å²) in [4.78, 5) is 39.1. The van der Waals surface area contributed by atoms with Gasteiger partial charge in [-0.3, -0.25) is 18.7 Å². The third-order valence-corrected chi connectivity index (χ3v) is 3.01. The largest absolute Gasteiger partial charge is 0.332 e. The Morgan fingerprint density at radius 2 is 1.78 bits per heavy atom. The lowest BCUT2D eigenvalue weighted by atomic mass is 10.4. The molecule has 0 aliphatic rings. The molecule has 0 amide bonds. The normalized spacial score (nSPS) is 11.1. The number of imidazole rings is 1. The zero-order valence-electron chi connectivity index (χ0n) is 10.5. The molecule has 0 saturated carbocycles. The molecule has 2 heterocycles. The van der Waals surface area contributed by atoms with Crippen LogP contribution < -0.4 is 11.2 Å². The molecule has 2 rings (SSSR count). The summed E-state index contributed by atoms with van der Waals surface area (Å²) in [6.07, 6.45) is 0.570. The lowest BCUT2D eigenvalue weighted by Gasteiger charge is -2.07. The van der Waals surface area contributed by atoms with Crippen LogP contribution in [-0.2, 0) is 20.1 Å². The van der Waals surface area contributed by atoms with Gasteiger partial charge in [0.15, 0.2) is 23.3 Å². The molecule has 2 aromatic heterocycles. The fourth-order valence-electron chi connectivity index (χ4n) is 2.05. The van der Waals surface area contributed by atoms with Gasteiger partial charge < -0.3 is 4.57 Å². The van der Waals surface area contributed by atoms with Crippen LogP contribution in [0.4, 0.5) is 0 Å². The molecule has 0 saturated heterocycles. The van der Waals surface area contributed by atoms with Crippen LogP contribution in [0, 0.1) is 0 Å². The molecule has 18 heavy (non-hydrogen) atoms. The highest BCUT2D eigenvalue weighted by atomic mass is 16.2. The molecule has 0 bridgehead atoms. The van der Waals surface area contributed by atoms with Crippen molar-refractivity contribution in [1.82, 2.24) is 18.7 Å². The van der Waals surface area contributed by atoms with E-state index in [2.05, 4.69) is 4.98 Å². The molecule has 0 aromatic carbocycles. The van der Waals surface area contributed by atoms with Gasteiger partial charge >= 0.3 is 5.69 Å². The Morgan fingerprint density at radius 1 is 1.17 bits per heavy atom. The quantitative estimate of drug-likeness (QED) is 0.703. The molecule has 0 unspecified atom stereocenters. The van der Waals surface area contributed by atoms with Crippen molar-refractivity contribution in [2.75, 3.05) is 0 Å². The van der Waals surface area contributed by atoms with Crippen LogP contribution in [-0.4, -0.2) is 25.0 Å². The Kier molecular flexibility index (Phi) is 2.90. The van der Waals surface area contributed by atoms with Crippen LogP contribution in [0.3, 0.4) is 0 Å². The Morgan fingerprint density at radius 3 is 2.28 bits per heavy atom. The van der Waals surface area contributed by atoms with E-state index in [1.54, 1.807) is 20.9 Å². The molecule has 7 heteroatoms. The second-order valence-electron chi connectivity index (χ2n) is 3.90. The standard InChI is InChI=1S/C11H14N4O3/c1-4-14-9-8(13(3)7(6-16)12-9)10(17)15(5-2)11(14)18/h6H,4-5H2,1-3H3. The van der Waals surface area contributed by atoms with Crippen LogP contribution in [0.15, 0.2) is 9.59 Å². The van der Waals surface area contributed by atoms with E-state index in [-0.39, 0.29) is 23.5 Å². The minimum absolute atomic E-state index is 0.137. The van der Waals surface area contributed by atoms with E-state index >= 15 is 0 Å². The van der Waals surface area contributed by atoms with Crippen molar-refractivity contribution in [3.63, 3.8) is 0 Å². The topological polar surface area (TPSA) is 78.9 Å². The Balaban J connectivity index is 3.12. The summed E-state index contributed by atoms with van der Waals surface area (Å²) in [7, 11) is 1.59. The number of nitrogens with zero attached hydrogens (tertiary/aromatic N) is 4. The van der Waals surface area contributed by atoms with Gasteiger partial charge in [0.25, 0.3) is 5.56 Å². The number of carbonyl (C=O) groups excluding carboxylic acids is 1. The van der Waals surface area contributed by atoms with E-state index in [1.165, 1.54) is 9.13 Å². The van der Waals surface area contributed by atoms with Crippen molar-refractivity contribution in [2.24, 2.45) is 7.05 Å². The number of aldehydes is 1. The first kappa shape index (κ1) is 12.3. The fraction of sp³-hybridized carbons (Fsp3) is 0.455. The van der Waals surface area contributed by atoms with Crippen LogP contribution in [0.5, 0.6) is 0 Å². The van der Waals surface area contributed by atoms with Gasteiger partial charge in [-0.1, -0.05) is 0 Å². The van der Waals surface area contributed by atoms with Crippen molar-refractivity contribution in [2.45, 2.75) is 26.9 Å². The molecule has 0 atom stereocenters. The number of aryl methyl sites for hydroxylation is 2. The van der Waals surface area contributed by atoms with E-state index in [0.29, 0.717) is 12.8 Å². The number of aromatic nitrogens is 4. The van der Waals surface area contributed by atoms with Gasteiger partial charge in [0, 0.05) is 20.1 Å². The first-order chi connectivity index (χ1) is 8.56. The summed E-state index contributed by atoms with van der Waals surface area (Å²) in [5.41, 5.74) is -0.263. The molecular weight excluding hydrogens is 236 g/mol. The van der Waals surface area contributed by atoms with Gasteiger partial charge in [-0.15, -0.1) is 0 Å². The fourth-order valence-corrected chi connectivity index (χ4v) is 2.05. The summed E-state index contributed by atoms with van der Waals surface area (Å²) in [5.74, 6) is 0.137. The SMILES string of the molecule is CCn1c(=O)c2c(nc(C=O)n2C)n(CC)c1=O. The zero-order chi connectivity index (χ0) is 13.4. The van der Waals surface area contributed by atoms with Crippen molar-refractivity contribution in [1.29, 1.82) is 0 Å². The molecule has 2 aromatic rings. The molecule has 0 radical (unpaired) electrons. The van der Waals surface area contributed by atoms with Crippen molar-refractivity contribution in [3.8, 4) is 0 Å². The van der Waals surface area contributed by atoms with E-state index in [4.69, 9.17) is 0 Å². The number of fused-ring (bicyclic) bond motifs is 1. The summed E-state index contributed by atoms with van der Waals surface area (Å²) < 4.78 is 3.96. The number of hydrogen-bond acceptors (Lipinski definition) is 4. The molecule has 0 spiro atoms. The van der Waals surface area contributed by atoms with E-state index in [0.717, 1.165) is 4.57 Å². The van der Waals surface area contributed by atoms with Gasteiger partial charge in [-0.05, 0) is 13.8 Å². The average Bonchev–Trinajstić information content (AvgIpc) is 2.68. The smallest absolute Gasteiger partial charge is 0.319 e. The van der Waals surface area contributed by atoms with Gasteiger partial charge in [0.1, 0.15) is 0 Å². The predicted octanol–water partition coefficient (Wildman–Crippen LogP) is -0.251. The van der Waals surface area contributed by atoms with E-state index in [1.807, 2.05) is 0 Å². The highest BCUT2D eigenvalue weighted by Gasteiger charge is 2.18. The third kappa shape index (κ3) is 1.43. The number of carbonyl (C=O) groups is 1. The maximum Gasteiger partial charge on any atom is 0.332 e. The maximum atomic E-state index is 12.2. The summed E-state index contributed by atoms with van der Waals surface area (Å²) in [6.45, 7) is 4.20.